The van der Waals surface area contributed by atoms with E-state index in [1.54, 1.807) is 0 Å². The van der Waals surface area contributed by atoms with Crippen LogP contribution in [-0.2, 0) is 16.0 Å². The first-order chi connectivity index (χ1) is 9.40. The van der Waals surface area contributed by atoms with Gasteiger partial charge in [-0.2, -0.15) is 13.2 Å². The molecule has 0 unspecified atom stereocenters. The molecule has 1 atom stereocenters. The summed E-state index contributed by atoms with van der Waals surface area (Å²) in [5.41, 5.74) is 0.906. The largest absolute Gasteiger partial charge is 0.411 e. The molecule has 1 aromatic rings. The van der Waals surface area contributed by atoms with Crippen molar-refractivity contribution < 1.29 is 27.8 Å². The lowest BCUT2D eigenvalue weighted by atomic mass is 10.1. The standard InChI is InChI=1S/C13H16F3NO3/c14-13(15,16)9-20-8-12(19)17-11(7-18)6-10-4-2-1-3-5-10/h1-5,11,18H,6-9H2,(H,17,19)/t11-/m1/s1. The molecule has 0 spiro atoms. The summed E-state index contributed by atoms with van der Waals surface area (Å²) in [7, 11) is 0. The number of aliphatic hydroxyl groups excluding tert-OH is 1. The van der Waals surface area contributed by atoms with Crippen LogP contribution in [0.5, 0.6) is 0 Å². The van der Waals surface area contributed by atoms with Gasteiger partial charge in [-0.3, -0.25) is 4.79 Å². The van der Waals surface area contributed by atoms with E-state index in [0.29, 0.717) is 6.42 Å². The second-order valence-corrected chi connectivity index (χ2v) is 4.24. The van der Waals surface area contributed by atoms with E-state index in [2.05, 4.69) is 10.1 Å². The molecule has 0 saturated heterocycles. The maximum Gasteiger partial charge on any atom is 0.411 e. The van der Waals surface area contributed by atoms with Crippen LogP contribution >= 0.6 is 0 Å². The lowest BCUT2D eigenvalue weighted by Crippen LogP contribution is -2.41. The molecule has 0 aromatic heterocycles. The third-order valence-corrected chi connectivity index (χ3v) is 2.41. The fraction of sp³-hybridized carbons (Fsp3) is 0.462. The highest BCUT2D eigenvalue weighted by Crippen LogP contribution is 2.14. The number of nitrogens with one attached hydrogen (secondary N) is 1. The Labute approximate surface area is 114 Å². The van der Waals surface area contributed by atoms with E-state index in [4.69, 9.17) is 5.11 Å². The van der Waals surface area contributed by atoms with Crippen LogP contribution in [0.25, 0.3) is 0 Å². The highest BCUT2D eigenvalue weighted by atomic mass is 19.4. The van der Waals surface area contributed by atoms with Crippen molar-refractivity contribution in [3.8, 4) is 0 Å². The van der Waals surface area contributed by atoms with Crippen LogP contribution in [0, 0.1) is 0 Å². The predicted molar refractivity (Wildman–Crippen MR) is 66.0 cm³/mol. The fourth-order valence-electron chi connectivity index (χ4n) is 1.59. The number of benzene rings is 1. The van der Waals surface area contributed by atoms with E-state index in [-0.39, 0.29) is 6.61 Å². The maximum absolute atomic E-state index is 11.8. The summed E-state index contributed by atoms with van der Waals surface area (Å²) in [6.07, 6.45) is -4.07. The Balaban J connectivity index is 2.34. The molecule has 0 heterocycles. The quantitative estimate of drug-likeness (QED) is 0.796. The molecular weight excluding hydrogens is 275 g/mol. The molecule has 0 radical (unpaired) electrons. The topological polar surface area (TPSA) is 58.6 Å². The first kappa shape index (κ1) is 16.5. The molecule has 0 aliphatic carbocycles. The van der Waals surface area contributed by atoms with Crippen molar-refractivity contribution in [1.29, 1.82) is 0 Å². The molecule has 1 amide bonds. The first-order valence-electron chi connectivity index (χ1n) is 5.99. The molecule has 0 saturated carbocycles. The monoisotopic (exact) mass is 291 g/mol. The SMILES string of the molecule is O=C(COCC(F)(F)F)N[C@@H](CO)Cc1ccccc1. The summed E-state index contributed by atoms with van der Waals surface area (Å²) in [6, 6.07) is 8.57. The van der Waals surface area contributed by atoms with Gasteiger partial charge in [-0.1, -0.05) is 30.3 Å². The number of ether oxygens (including phenoxy) is 1. The smallest absolute Gasteiger partial charge is 0.394 e. The van der Waals surface area contributed by atoms with Crippen LogP contribution in [0.15, 0.2) is 30.3 Å². The third kappa shape index (κ3) is 7.10. The minimum Gasteiger partial charge on any atom is -0.394 e. The van der Waals surface area contributed by atoms with Crippen LogP contribution in [0.3, 0.4) is 0 Å². The van der Waals surface area contributed by atoms with Crippen LogP contribution in [0.4, 0.5) is 13.2 Å². The molecule has 2 N–H and O–H groups in total. The summed E-state index contributed by atoms with van der Waals surface area (Å²) in [5.74, 6) is -0.691. The van der Waals surface area contributed by atoms with Gasteiger partial charge in [0.1, 0.15) is 13.2 Å². The number of amides is 1. The van der Waals surface area contributed by atoms with Crippen LogP contribution in [0.1, 0.15) is 5.56 Å². The Kier molecular flexibility index (Phi) is 6.47. The molecule has 0 aliphatic rings. The third-order valence-electron chi connectivity index (χ3n) is 2.41. The average molecular weight is 291 g/mol. The zero-order valence-corrected chi connectivity index (χ0v) is 10.7. The zero-order valence-electron chi connectivity index (χ0n) is 10.7. The number of hydrogen-bond acceptors (Lipinski definition) is 3. The maximum atomic E-state index is 11.8. The molecule has 1 rings (SSSR count). The lowest BCUT2D eigenvalue weighted by Gasteiger charge is -2.16. The summed E-state index contributed by atoms with van der Waals surface area (Å²) in [4.78, 5) is 11.4. The predicted octanol–water partition coefficient (Wildman–Crippen LogP) is 1.29. The Morgan fingerprint density at radius 3 is 2.50 bits per heavy atom. The second-order valence-electron chi connectivity index (χ2n) is 4.24. The summed E-state index contributed by atoms with van der Waals surface area (Å²) in [5, 5.41) is 11.6. The summed E-state index contributed by atoms with van der Waals surface area (Å²) >= 11 is 0. The average Bonchev–Trinajstić information content (AvgIpc) is 2.37. The minimum absolute atomic E-state index is 0.306. The number of hydrogen-bond donors (Lipinski definition) is 2. The van der Waals surface area contributed by atoms with E-state index in [1.807, 2.05) is 30.3 Å². The fourth-order valence-corrected chi connectivity index (χ4v) is 1.59. The van der Waals surface area contributed by atoms with Gasteiger partial charge in [0.2, 0.25) is 5.91 Å². The molecule has 0 bridgehead atoms. The number of aliphatic hydroxyl groups is 1. The van der Waals surface area contributed by atoms with Gasteiger partial charge in [-0.15, -0.1) is 0 Å². The zero-order chi connectivity index (χ0) is 15.0. The molecular formula is C13H16F3NO3. The number of halogens is 3. The van der Waals surface area contributed by atoms with E-state index in [0.717, 1.165) is 5.56 Å². The summed E-state index contributed by atoms with van der Waals surface area (Å²) < 4.78 is 39.7. The van der Waals surface area contributed by atoms with Gasteiger partial charge < -0.3 is 15.2 Å². The van der Waals surface area contributed by atoms with Gasteiger partial charge in [0.15, 0.2) is 0 Å². The summed E-state index contributed by atoms with van der Waals surface area (Å²) in [6.45, 7) is -2.46. The first-order valence-corrected chi connectivity index (χ1v) is 5.99. The van der Waals surface area contributed by atoms with E-state index in [9.17, 15) is 18.0 Å². The molecule has 7 heteroatoms. The highest BCUT2D eigenvalue weighted by Gasteiger charge is 2.27. The van der Waals surface area contributed by atoms with E-state index in [1.165, 1.54) is 0 Å². The Hall–Kier alpha value is -1.60. The normalized spacial score (nSPS) is 13.0. The highest BCUT2D eigenvalue weighted by molar-refractivity contribution is 5.77. The van der Waals surface area contributed by atoms with E-state index >= 15 is 0 Å². The molecule has 1 aromatic carbocycles. The van der Waals surface area contributed by atoms with Crippen molar-refractivity contribution in [2.75, 3.05) is 19.8 Å². The van der Waals surface area contributed by atoms with Gasteiger partial charge in [-0.25, -0.2) is 0 Å². The second kappa shape index (κ2) is 7.86. The molecule has 112 valence electrons. The van der Waals surface area contributed by atoms with Crippen LogP contribution < -0.4 is 5.32 Å². The van der Waals surface area contributed by atoms with Crippen molar-refractivity contribution in [3.05, 3.63) is 35.9 Å². The van der Waals surface area contributed by atoms with Crippen LogP contribution in [-0.4, -0.2) is 43.1 Å². The van der Waals surface area contributed by atoms with Crippen LogP contribution in [0.2, 0.25) is 0 Å². The Morgan fingerprint density at radius 1 is 1.30 bits per heavy atom. The van der Waals surface area contributed by atoms with Crippen molar-refractivity contribution in [3.63, 3.8) is 0 Å². The van der Waals surface area contributed by atoms with Gasteiger partial charge in [0, 0.05) is 0 Å². The van der Waals surface area contributed by atoms with Gasteiger partial charge in [0.05, 0.1) is 12.6 Å². The van der Waals surface area contributed by atoms with Gasteiger partial charge in [0.25, 0.3) is 0 Å². The lowest BCUT2D eigenvalue weighted by molar-refractivity contribution is -0.175. The Morgan fingerprint density at radius 2 is 1.95 bits per heavy atom. The number of carbonyl (C=O) groups excluding carboxylic acids is 1. The van der Waals surface area contributed by atoms with Crippen molar-refractivity contribution in [1.82, 2.24) is 5.32 Å². The molecule has 20 heavy (non-hydrogen) atoms. The number of rotatable bonds is 7. The van der Waals surface area contributed by atoms with Crippen molar-refractivity contribution in [2.24, 2.45) is 0 Å². The van der Waals surface area contributed by atoms with Gasteiger partial charge >= 0.3 is 6.18 Å². The molecule has 4 nitrogen and oxygen atoms in total. The number of carbonyl (C=O) groups is 1. The molecule has 0 fully saturated rings. The van der Waals surface area contributed by atoms with Crippen molar-refractivity contribution >= 4 is 5.91 Å². The van der Waals surface area contributed by atoms with E-state index < -0.39 is 31.3 Å². The van der Waals surface area contributed by atoms with Gasteiger partial charge in [-0.05, 0) is 12.0 Å². The minimum atomic E-state index is -4.46. The molecule has 0 aliphatic heterocycles. The van der Waals surface area contributed by atoms with Crippen molar-refractivity contribution in [2.45, 2.75) is 18.6 Å². The Bertz CT molecular complexity index is 409. The number of alkyl halides is 3.